The van der Waals surface area contributed by atoms with Crippen LogP contribution in [0.3, 0.4) is 0 Å². The first-order valence-corrected chi connectivity index (χ1v) is 5.76. The van der Waals surface area contributed by atoms with E-state index in [0.29, 0.717) is 0 Å². The van der Waals surface area contributed by atoms with E-state index in [1.807, 2.05) is 37.3 Å². The molecule has 1 aromatic rings. The van der Waals surface area contributed by atoms with Gasteiger partial charge < -0.3 is 9.47 Å². The van der Waals surface area contributed by atoms with Crippen molar-refractivity contribution in [2.45, 2.75) is 26.2 Å². The van der Waals surface area contributed by atoms with E-state index in [9.17, 15) is 9.59 Å². The van der Waals surface area contributed by atoms with Crippen molar-refractivity contribution < 1.29 is 19.1 Å². The molecular weight excluding hydrogens is 232 g/mol. The van der Waals surface area contributed by atoms with Crippen LogP contribution in [0.1, 0.15) is 26.3 Å². The van der Waals surface area contributed by atoms with Gasteiger partial charge in [0.2, 0.25) is 0 Å². The van der Waals surface area contributed by atoms with E-state index >= 15 is 0 Å². The molecule has 0 saturated heterocycles. The average Bonchev–Trinajstić information content (AvgIpc) is 2.35. The molecule has 0 bridgehead atoms. The second kappa shape index (κ2) is 6.19. The van der Waals surface area contributed by atoms with E-state index in [4.69, 9.17) is 9.47 Å². The molecule has 0 spiro atoms. The molecule has 0 atom stereocenters. The monoisotopic (exact) mass is 250 g/mol. The number of carbonyl (C=O) groups excluding carboxylic acids is 2. The quantitative estimate of drug-likeness (QED) is 0.751. The van der Waals surface area contributed by atoms with E-state index in [1.54, 1.807) is 0 Å². The fraction of sp³-hybridized carbons (Fsp3) is 0.429. The van der Waals surface area contributed by atoms with Gasteiger partial charge in [0.15, 0.2) is 0 Å². The minimum atomic E-state index is -0.529. The Morgan fingerprint density at radius 3 is 1.83 bits per heavy atom. The highest BCUT2D eigenvalue weighted by atomic mass is 16.5. The molecule has 4 heteroatoms. The molecule has 1 aromatic carbocycles. The van der Waals surface area contributed by atoms with Crippen molar-refractivity contribution in [2.24, 2.45) is 0 Å². The summed E-state index contributed by atoms with van der Waals surface area (Å²) in [6.07, 6.45) is 0. The number of ether oxygens (including phenoxy) is 2. The Kier molecular flexibility index (Phi) is 4.89. The third-order valence-electron chi connectivity index (χ3n) is 2.66. The molecule has 98 valence electrons. The molecule has 0 unspecified atom stereocenters. The van der Waals surface area contributed by atoms with Crippen LogP contribution in [-0.4, -0.2) is 25.2 Å². The van der Waals surface area contributed by atoms with Gasteiger partial charge in [0.25, 0.3) is 0 Å². The topological polar surface area (TPSA) is 52.6 Å². The van der Waals surface area contributed by atoms with Crippen molar-refractivity contribution in [3.05, 3.63) is 35.9 Å². The van der Waals surface area contributed by atoms with Gasteiger partial charge in [-0.25, -0.2) is 0 Å². The number of hydrogen-bond donors (Lipinski definition) is 0. The van der Waals surface area contributed by atoms with E-state index in [-0.39, 0.29) is 25.2 Å². The molecule has 0 amide bonds. The van der Waals surface area contributed by atoms with E-state index < -0.39 is 5.41 Å². The van der Waals surface area contributed by atoms with Crippen LogP contribution in [0.15, 0.2) is 30.3 Å². The molecule has 4 nitrogen and oxygen atoms in total. The van der Waals surface area contributed by atoms with Crippen molar-refractivity contribution in [3.63, 3.8) is 0 Å². The van der Waals surface area contributed by atoms with E-state index in [0.717, 1.165) is 5.56 Å². The third kappa shape index (κ3) is 4.20. The first-order valence-electron chi connectivity index (χ1n) is 5.76. The van der Waals surface area contributed by atoms with Crippen LogP contribution in [0.2, 0.25) is 0 Å². The van der Waals surface area contributed by atoms with Gasteiger partial charge >= 0.3 is 11.9 Å². The summed E-state index contributed by atoms with van der Waals surface area (Å²) in [7, 11) is 0. The molecule has 18 heavy (non-hydrogen) atoms. The normalized spacial score (nSPS) is 10.8. The second-order valence-corrected chi connectivity index (χ2v) is 4.49. The number of benzene rings is 1. The molecule has 0 aliphatic heterocycles. The van der Waals surface area contributed by atoms with E-state index in [2.05, 4.69) is 0 Å². The van der Waals surface area contributed by atoms with Crippen LogP contribution in [-0.2, 0) is 24.5 Å². The molecule has 0 aliphatic rings. The Labute approximate surface area is 107 Å². The van der Waals surface area contributed by atoms with Crippen LogP contribution >= 0.6 is 0 Å². The van der Waals surface area contributed by atoms with Crippen molar-refractivity contribution in [3.8, 4) is 0 Å². The van der Waals surface area contributed by atoms with Gasteiger partial charge in [-0.05, 0) is 12.5 Å². The summed E-state index contributed by atoms with van der Waals surface area (Å²) in [5.74, 6) is -0.694. The Morgan fingerprint density at radius 1 is 1.00 bits per heavy atom. The highest BCUT2D eigenvalue weighted by Crippen LogP contribution is 2.24. The van der Waals surface area contributed by atoms with Crippen LogP contribution in [0.4, 0.5) is 0 Å². The smallest absolute Gasteiger partial charge is 0.302 e. The second-order valence-electron chi connectivity index (χ2n) is 4.49. The maximum absolute atomic E-state index is 10.9. The molecular formula is C14H18O4. The Bertz CT molecular complexity index is 393. The third-order valence-corrected chi connectivity index (χ3v) is 2.66. The maximum Gasteiger partial charge on any atom is 0.302 e. The molecule has 0 aromatic heterocycles. The first-order chi connectivity index (χ1) is 8.44. The minimum absolute atomic E-state index is 0.180. The summed E-state index contributed by atoms with van der Waals surface area (Å²) in [6, 6.07) is 9.55. The fourth-order valence-electron chi connectivity index (χ4n) is 1.57. The lowest BCUT2D eigenvalue weighted by molar-refractivity contribution is -0.147. The zero-order valence-corrected chi connectivity index (χ0v) is 10.9. The SMILES string of the molecule is CC(=O)OCC(C)(COC(C)=O)c1ccccc1. The minimum Gasteiger partial charge on any atom is -0.465 e. The van der Waals surface area contributed by atoms with E-state index in [1.165, 1.54) is 13.8 Å². The molecule has 0 aliphatic carbocycles. The summed E-state index contributed by atoms with van der Waals surface area (Å²) in [4.78, 5) is 21.9. The highest BCUT2D eigenvalue weighted by Gasteiger charge is 2.29. The van der Waals surface area contributed by atoms with Crippen molar-refractivity contribution in [1.29, 1.82) is 0 Å². The van der Waals surface area contributed by atoms with Gasteiger partial charge in [-0.15, -0.1) is 0 Å². The maximum atomic E-state index is 10.9. The summed E-state index contributed by atoms with van der Waals surface area (Å²) < 4.78 is 10.1. The van der Waals surface area contributed by atoms with Gasteiger partial charge in [-0.2, -0.15) is 0 Å². The summed E-state index contributed by atoms with van der Waals surface area (Å²) in [6.45, 7) is 4.97. The predicted molar refractivity (Wildman–Crippen MR) is 67.1 cm³/mol. The van der Waals surface area contributed by atoms with Crippen LogP contribution in [0, 0.1) is 0 Å². The molecule has 0 N–H and O–H groups in total. The van der Waals surface area contributed by atoms with Gasteiger partial charge in [-0.3, -0.25) is 9.59 Å². The molecule has 0 heterocycles. The summed E-state index contributed by atoms with van der Waals surface area (Å²) in [5, 5.41) is 0. The Morgan fingerprint density at radius 2 is 1.44 bits per heavy atom. The lowest BCUT2D eigenvalue weighted by atomic mass is 9.84. The molecule has 0 fully saturated rings. The first kappa shape index (κ1) is 14.2. The molecule has 1 rings (SSSR count). The number of carbonyl (C=O) groups is 2. The largest absolute Gasteiger partial charge is 0.465 e. The van der Waals surface area contributed by atoms with Crippen molar-refractivity contribution >= 4 is 11.9 Å². The van der Waals surface area contributed by atoms with Gasteiger partial charge in [0.1, 0.15) is 13.2 Å². The van der Waals surface area contributed by atoms with Gasteiger partial charge in [-0.1, -0.05) is 30.3 Å². The lowest BCUT2D eigenvalue weighted by Gasteiger charge is -2.28. The fourth-order valence-corrected chi connectivity index (χ4v) is 1.57. The number of rotatable bonds is 5. The van der Waals surface area contributed by atoms with Crippen LogP contribution in [0.25, 0.3) is 0 Å². The van der Waals surface area contributed by atoms with Gasteiger partial charge in [0.05, 0.1) is 5.41 Å². The standard InChI is InChI=1S/C14H18O4/c1-11(15)17-9-14(3,10-18-12(2)16)13-7-5-4-6-8-13/h4-8H,9-10H2,1-3H3. The zero-order chi connectivity index (χ0) is 13.6. The van der Waals surface area contributed by atoms with Gasteiger partial charge in [0, 0.05) is 13.8 Å². The summed E-state index contributed by atoms with van der Waals surface area (Å²) >= 11 is 0. The summed E-state index contributed by atoms with van der Waals surface area (Å²) in [5.41, 5.74) is 0.436. The van der Waals surface area contributed by atoms with Crippen molar-refractivity contribution in [2.75, 3.05) is 13.2 Å². The lowest BCUT2D eigenvalue weighted by Crippen LogP contribution is -2.35. The van der Waals surface area contributed by atoms with Crippen LogP contribution in [0.5, 0.6) is 0 Å². The molecule has 0 radical (unpaired) electrons. The zero-order valence-electron chi connectivity index (χ0n) is 10.9. The van der Waals surface area contributed by atoms with Crippen molar-refractivity contribution in [1.82, 2.24) is 0 Å². The highest BCUT2D eigenvalue weighted by molar-refractivity contribution is 5.66. The Hall–Kier alpha value is -1.84. The number of hydrogen-bond acceptors (Lipinski definition) is 4. The molecule has 0 saturated carbocycles. The number of esters is 2. The van der Waals surface area contributed by atoms with Crippen LogP contribution < -0.4 is 0 Å². The predicted octanol–water partition coefficient (Wildman–Crippen LogP) is 2.07. The Balaban J connectivity index is 2.86. The average molecular weight is 250 g/mol.